The van der Waals surface area contributed by atoms with Crippen molar-refractivity contribution >= 4 is 11.9 Å². The van der Waals surface area contributed by atoms with Gasteiger partial charge < -0.3 is 10.2 Å². The molecule has 0 unspecified atom stereocenters. The fourth-order valence-corrected chi connectivity index (χ4v) is 2.99. The van der Waals surface area contributed by atoms with Gasteiger partial charge in [-0.25, -0.2) is 0 Å². The van der Waals surface area contributed by atoms with Gasteiger partial charge in [-0.2, -0.15) is 0 Å². The second kappa shape index (κ2) is 7.30. The summed E-state index contributed by atoms with van der Waals surface area (Å²) in [5.41, 5.74) is 2.21. The van der Waals surface area contributed by atoms with Crippen LogP contribution >= 0.6 is 0 Å². The molecular formula is C20H22O4. The van der Waals surface area contributed by atoms with Gasteiger partial charge in [-0.1, -0.05) is 59.7 Å². The number of carbonyl (C=O) groups is 2. The summed E-state index contributed by atoms with van der Waals surface area (Å²) < 4.78 is 0. The number of benzene rings is 2. The summed E-state index contributed by atoms with van der Waals surface area (Å²) in [7, 11) is 0. The molecule has 4 heteroatoms. The Morgan fingerprint density at radius 1 is 0.833 bits per heavy atom. The van der Waals surface area contributed by atoms with Gasteiger partial charge in [-0.15, -0.1) is 0 Å². The Bertz CT molecular complexity index is 669. The van der Waals surface area contributed by atoms with Crippen LogP contribution in [0.2, 0.25) is 0 Å². The van der Waals surface area contributed by atoms with E-state index in [9.17, 15) is 14.7 Å². The maximum absolute atomic E-state index is 12.3. The average molecular weight is 326 g/mol. The summed E-state index contributed by atoms with van der Waals surface area (Å²) in [5, 5.41) is 19.0. The third kappa shape index (κ3) is 3.65. The molecule has 0 aromatic heterocycles. The van der Waals surface area contributed by atoms with Crippen molar-refractivity contribution in [1.29, 1.82) is 0 Å². The first-order valence-electron chi connectivity index (χ1n) is 7.96. The van der Waals surface area contributed by atoms with Crippen LogP contribution in [0.3, 0.4) is 0 Å². The van der Waals surface area contributed by atoms with Crippen LogP contribution in [0.15, 0.2) is 48.5 Å². The lowest BCUT2D eigenvalue weighted by Crippen LogP contribution is -2.37. The highest BCUT2D eigenvalue weighted by atomic mass is 16.4. The summed E-state index contributed by atoms with van der Waals surface area (Å²) in [6, 6.07) is 14.8. The molecule has 126 valence electrons. The number of aryl methyl sites for hydroxylation is 2. The number of hydrogen-bond acceptors (Lipinski definition) is 2. The summed E-state index contributed by atoms with van der Waals surface area (Å²) in [6.45, 7) is 3.89. The van der Waals surface area contributed by atoms with E-state index in [1.165, 1.54) is 0 Å². The van der Waals surface area contributed by atoms with Crippen molar-refractivity contribution in [3.05, 3.63) is 70.8 Å². The van der Waals surface area contributed by atoms with Crippen LogP contribution in [0, 0.1) is 13.8 Å². The standard InChI is InChI=1S/C20H22O4/c1-14-5-9-16(10-6-14)20(19(23)24,13-3-4-18(21)22)17-11-7-15(2)8-12-17/h5-12H,3-4,13H2,1-2H3,(H,21,22)(H,23,24). The lowest BCUT2D eigenvalue weighted by Gasteiger charge is -2.31. The Labute approximate surface area is 141 Å². The molecule has 2 aromatic rings. The van der Waals surface area contributed by atoms with E-state index < -0.39 is 17.4 Å². The van der Waals surface area contributed by atoms with E-state index in [2.05, 4.69) is 0 Å². The SMILES string of the molecule is Cc1ccc(C(CCCC(=O)O)(C(=O)O)c2ccc(C)cc2)cc1. The van der Waals surface area contributed by atoms with Gasteiger partial charge in [0.15, 0.2) is 0 Å². The minimum Gasteiger partial charge on any atom is -0.481 e. The fourth-order valence-electron chi connectivity index (χ4n) is 2.99. The van der Waals surface area contributed by atoms with Gasteiger partial charge >= 0.3 is 11.9 Å². The molecule has 0 radical (unpaired) electrons. The van der Waals surface area contributed by atoms with Crippen LogP contribution in [-0.4, -0.2) is 22.2 Å². The largest absolute Gasteiger partial charge is 0.481 e. The first-order valence-corrected chi connectivity index (χ1v) is 7.96. The summed E-state index contributed by atoms with van der Waals surface area (Å²) in [6.07, 6.45) is 0.483. The lowest BCUT2D eigenvalue weighted by molar-refractivity contribution is -0.143. The van der Waals surface area contributed by atoms with Crippen molar-refractivity contribution in [2.75, 3.05) is 0 Å². The monoisotopic (exact) mass is 326 g/mol. The number of carboxylic acids is 2. The van der Waals surface area contributed by atoms with Crippen molar-refractivity contribution in [2.24, 2.45) is 0 Å². The third-order valence-electron chi connectivity index (χ3n) is 4.40. The fraction of sp³-hybridized carbons (Fsp3) is 0.300. The molecule has 2 rings (SSSR count). The van der Waals surface area contributed by atoms with E-state index in [0.717, 1.165) is 11.1 Å². The zero-order valence-electron chi connectivity index (χ0n) is 14.0. The third-order valence-corrected chi connectivity index (χ3v) is 4.40. The van der Waals surface area contributed by atoms with Crippen LogP contribution in [0.25, 0.3) is 0 Å². The number of aliphatic carboxylic acids is 2. The van der Waals surface area contributed by atoms with Gasteiger partial charge in [-0.3, -0.25) is 9.59 Å². The van der Waals surface area contributed by atoms with Crippen LogP contribution in [0.4, 0.5) is 0 Å². The maximum Gasteiger partial charge on any atom is 0.318 e. The van der Waals surface area contributed by atoms with Crippen molar-refractivity contribution < 1.29 is 19.8 Å². The molecular weight excluding hydrogens is 304 g/mol. The highest BCUT2D eigenvalue weighted by Gasteiger charge is 2.41. The summed E-state index contributed by atoms with van der Waals surface area (Å²) >= 11 is 0. The molecule has 0 bridgehead atoms. The Hall–Kier alpha value is -2.62. The Morgan fingerprint density at radius 3 is 1.58 bits per heavy atom. The first-order chi connectivity index (χ1) is 11.4. The van der Waals surface area contributed by atoms with Gasteiger partial charge in [-0.05, 0) is 37.8 Å². The van der Waals surface area contributed by atoms with E-state index in [1.807, 2.05) is 62.4 Å². The minimum atomic E-state index is -1.24. The van der Waals surface area contributed by atoms with E-state index in [1.54, 1.807) is 0 Å². The molecule has 0 spiro atoms. The van der Waals surface area contributed by atoms with E-state index >= 15 is 0 Å². The molecule has 0 aliphatic carbocycles. The van der Waals surface area contributed by atoms with E-state index in [4.69, 9.17) is 5.11 Å². The van der Waals surface area contributed by atoms with Crippen LogP contribution < -0.4 is 0 Å². The van der Waals surface area contributed by atoms with E-state index in [-0.39, 0.29) is 12.8 Å². The van der Waals surface area contributed by atoms with Gasteiger partial charge in [0.05, 0.1) is 0 Å². The summed E-state index contributed by atoms with van der Waals surface area (Å²) in [4.78, 5) is 23.2. The Kier molecular flexibility index (Phi) is 5.39. The Balaban J connectivity index is 2.55. The molecule has 0 fully saturated rings. The zero-order chi connectivity index (χ0) is 17.7. The molecule has 2 N–H and O–H groups in total. The maximum atomic E-state index is 12.3. The minimum absolute atomic E-state index is 0.0489. The summed E-state index contributed by atoms with van der Waals surface area (Å²) in [5.74, 6) is -1.87. The second-order valence-electron chi connectivity index (χ2n) is 6.19. The van der Waals surface area contributed by atoms with Crippen molar-refractivity contribution in [2.45, 2.75) is 38.5 Å². The molecule has 0 saturated carbocycles. The number of carboxylic acid groups (broad SMARTS) is 2. The molecule has 0 aliphatic rings. The molecule has 0 aliphatic heterocycles. The van der Waals surface area contributed by atoms with Crippen LogP contribution in [0.5, 0.6) is 0 Å². The number of hydrogen-bond donors (Lipinski definition) is 2. The van der Waals surface area contributed by atoms with Crippen molar-refractivity contribution in [3.8, 4) is 0 Å². The van der Waals surface area contributed by atoms with Gasteiger partial charge in [0.1, 0.15) is 5.41 Å². The van der Waals surface area contributed by atoms with E-state index in [0.29, 0.717) is 17.5 Å². The van der Waals surface area contributed by atoms with Gasteiger partial charge in [0, 0.05) is 6.42 Å². The molecule has 0 amide bonds. The molecule has 24 heavy (non-hydrogen) atoms. The predicted octanol–water partition coefficient (Wildman–Crippen LogP) is 3.93. The van der Waals surface area contributed by atoms with Gasteiger partial charge in [0.25, 0.3) is 0 Å². The topological polar surface area (TPSA) is 74.6 Å². The smallest absolute Gasteiger partial charge is 0.318 e. The van der Waals surface area contributed by atoms with Crippen molar-refractivity contribution in [1.82, 2.24) is 0 Å². The normalized spacial score (nSPS) is 11.2. The second-order valence-corrected chi connectivity index (χ2v) is 6.19. The van der Waals surface area contributed by atoms with Crippen LogP contribution in [0.1, 0.15) is 41.5 Å². The average Bonchev–Trinajstić information content (AvgIpc) is 2.53. The van der Waals surface area contributed by atoms with Crippen LogP contribution in [-0.2, 0) is 15.0 Å². The predicted molar refractivity (Wildman–Crippen MR) is 92.3 cm³/mol. The number of rotatable bonds is 7. The van der Waals surface area contributed by atoms with Gasteiger partial charge in [0.2, 0.25) is 0 Å². The van der Waals surface area contributed by atoms with Crippen molar-refractivity contribution in [3.63, 3.8) is 0 Å². The molecule has 0 saturated heterocycles. The molecule has 0 heterocycles. The zero-order valence-corrected chi connectivity index (χ0v) is 14.0. The molecule has 2 aromatic carbocycles. The Morgan fingerprint density at radius 2 is 1.25 bits per heavy atom. The molecule has 0 atom stereocenters. The first kappa shape index (κ1) is 17.7. The lowest BCUT2D eigenvalue weighted by atomic mass is 9.71. The molecule has 4 nitrogen and oxygen atoms in total. The quantitative estimate of drug-likeness (QED) is 0.808. The highest BCUT2D eigenvalue weighted by molar-refractivity contribution is 5.86. The highest BCUT2D eigenvalue weighted by Crippen LogP contribution is 2.38.